The number of nitrogens with one attached hydrogen (secondary N) is 2. The Morgan fingerprint density at radius 3 is 2.75 bits per heavy atom. The molecule has 2 saturated heterocycles. The molecule has 2 rings (SSSR count). The average molecular weight is 228 g/mol. The summed E-state index contributed by atoms with van der Waals surface area (Å²) in [6, 6.07) is 0.0498. The van der Waals surface area contributed by atoms with Crippen molar-refractivity contribution < 1.29 is 14.3 Å². The van der Waals surface area contributed by atoms with Crippen LogP contribution in [0.1, 0.15) is 19.8 Å². The zero-order chi connectivity index (χ0) is 11.4. The van der Waals surface area contributed by atoms with Gasteiger partial charge >= 0.3 is 0 Å². The van der Waals surface area contributed by atoms with E-state index in [1.54, 1.807) is 0 Å². The van der Waals surface area contributed by atoms with E-state index >= 15 is 0 Å². The van der Waals surface area contributed by atoms with E-state index in [1.165, 1.54) is 0 Å². The lowest BCUT2D eigenvalue weighted by Gasteiger charge is -2.31. The summed E-state index contributed by atoms with van der Waals surface area (Å²) in [5.74, 6) is 0.0547. The number of hydrogen-bond acceptors (Lipinski definition) is 4. The molecule has 0 aliphatic carbocycles. The monoisotopic (exact) mass is 228 g/mol. The minimum Gasteiger partial charge on any atom is -0.381 e. The molecular weight excluding hydrogens is 208 g/mol. The molecule has 2 fully saturated rings. The van der Waals surface area contributed by atoms with E-state index in [4.69, 9.17) is 9.47 Å². The van der Waals surface area contributed by atoms with Crippen molar-refractivity contribution >= 4 is 5.91 Å². The first-order valence-electron chi connectivity index (χ1n) is 6.00. The van der Waals surface area contributed by atoms with E-state index in [1.807, 2.05) is 6.92 Å². The van der Waals surface area contributed by atoms with Crippen LogP contribution in [0.3, 0.4) is 0 Å². The van der Waals surface area contributed by atoms with Gasteiger partial charge < -0.3 is 20.1 Å². The van der Waals surface area contributed by atoms with Gasteiger partial charge in [0.1, 0.15) is 6.04 Å². The second-order valence-corrected chi connectivity index (χ2v) is 4.40. The van der Waals surface area contributed by atoms with Crippen LogP contribution in [0.5, 0.6) is 0 Å². The summed E-state index contributed by atoms with van der Waals surface area (Å²) in [6.45, 7) is 4.85. The first kappa shape index (κ1) is 11.8. The molecule has 2 N–H and O–H groups in total. The molecule has 0 saturated carbocycles. The van der Waals surface area contributed by atoms with Crippen molar-refractivity contribution in [2.24, 2.45) is 0 Å². The summed E-state index contributed by atoms with van der Waals surface area (Å²) in [4.78, 5) is 12.0. The van der Waals surface area contributed by atoms with Crippen LogP contribution >= 0.6 is 0 Å². The Labute approximate surface area is 95.9 Å². The van der Waals surface area contributed by atoms with Gasteiger partial charge in [-0.25, -0.2) is 0 Å². The van der Waals surface area contributed by atoms with Crippen molar-refractivity contribution in [2.45, 2.75) is 38.0 Å². The highest BCUT2D eigenvalue weighted by Crippen LogP contribution is 2.09. The smallest absolute Gasteiger partial charge is 0.240 e. The molecule has 16 heavy (non-hydrogen) atoms. The van der Waals surface area contributed by atoms with Crippen LogP contribution in [0, 0.1) is 0 Å². The second kappa shape index (κ2) is 5.61. The largest absolute Gasteiger partial charge is 0.381 e. The van der Waals surface area contributed by atoms with Gasteiger partial charge in [-0.05, 0) is 19.8 Å². The third-order valence-corrected chi connectivity index (χ3v) is 3.17. The molecule has 5 heteroatoms. The molecule has 0 unspecified atom stereocenters. The number of carbonyl (C=O) groups is 1. The van der Waals surface area contributed by atoms with Crippen molar-refractivity contribution in [3.8, 4) is 0 Å². The zero-order valence-electron chi connectivity index (χ0n) is 9.70. The lowest BCUT2D eigenvalue weighted by Crippen LogP contribution is -2.57. The van der Waals surface area contributed by atoms with Crippen molar-refractivity contribution in [3.05, 3.63) is 0 Å². The van der Waals surface area contributed by atoms with E-state index in [0.29, 0.717) is 6.61 Å². The minimum absolute atomic E-state index is 0.0476. The predicted octanol–water partition coefficient (Wildman–Crippen LogP) is -0.341. The fourth-order valence-electron chi connectivity index (χ4n) is 2.16. The number of carbonyl (C=O) groups excluding carboxylic acids is 1. The normalized spacial score (nSPS) is 32.3. The van der Waals surface area contributed by atoms with Gasteiger partial charge in [0.15, 0.2) is 0 Å². The van der Waals surface area contributed by atoms with E-state index in [9.17, 15) is 4.79 Å². The molecule has 0 aromatic rings. The van der Waals surface area contributed by atoms with Gasteiger partial charge in [0.25, 0.3) is 0 Å². The Kier molecular flexibility index (Phi) is 4.15. The van der Waals surface area contributed by atoms with E-state index in [2.05, 4.69) is 10.6 Å². The van der Waals surface area contributed by atoms with Crippen molar-refractivity contribution in [1.82, 2.24) is 10.6 Å². The van der Waals surface area contributed by atoms with Crippen molar-refractivity contribution in [1.29, 1.82) is 0 Å². The minimum atomic E-state index is -0.211. The molecule has 0 radical (unpaired) electrons. The molecule has 2 aliphatic rings. The number of morpholine rings is 1. The van der Waals surface area contributed by atoms with E-state index in [-0.39, 0.29) is 24.1 Å². The SMILES string of the molecule is C[C@H]1OCCN[C@@H]1C(=O)NC1CCOCC1. The average Bonchev–Trinajstić information content (AvgIpc) is 2.31. The number of rotatable bonds is 2. The topological polar surface area (TPSA) is 59.6 Å². The maximum absolute atomic E-state index is 12.0. The van der Waals surface area contributed by atoms with Gasteiger partial charge in [0.2, 0.25) is 5.91 Å². The quantitative estimate of drug-likeness (QED) is 0.679. The first-order valence-corrected chi connectivity index (χ1v) is 6.00. The maximum Gasteiger partial charge on any atom is 0.240 e. The van der Waals surface area contributed by atoms with Gasteiger partial charge in [-0.1, -0.05) is 0 Å². The summed E-state index contributed by atoms with van der Waals surface area (Å²) in [6.07, 6.45) is 1.77. The van der Waals surface area contributed by atoms with Crippen LogP contribution in [0.25, 0.3) is 0 Å². The highest BCUT2D eigenvalue weighted by molar-refractivity contribution is 5.82. The third-order valence-electron chi connectivity index (χ3n) is 3.17. The van der Waals surface area contributed by atoms with Gasteiger partial charge in [-0.3, -0.25) is 4.79 Å². The van der Waals surface area contributed by atoms with Gasteiger partial charge in [-0.2, -0.15) is 0 Å². The molecule has 0 bridgehead atoms. The Morgan fingerprint density at radius 2 is 2.06 bits per heavy atom. The second-order valence-electron chi connectivity index (χ2n) is 4.40. The molecule has 2 atom stereocenters. The van der Waals surface area contributed by atoms with Gasteiger partial charge in [0.05, 0.1) is 12.7 Å². The first-order chi connectivity index (χ1) is 7.77. The molecule has 1 amide bonds. The van der Waals surface area contributed by atoms with Crippen LogP contribution in [-0.4, -0.2) is 50.5 Å². The number of ether oxygens (including phenoxy) is 2. The highest BCUT2D eigenvalue weighted by atomic mass is 16.5. The lowest BCUT2D eigenvalue weighted by atomic mass is 10.1. The molecule has 2 aliphatic heterocycles. The summed E-state index contributed by atoms with van der Waals surface area (Å²) >= 11 is 0. The Morgan fingerprint density at radius 1 is 1.31 bits per heavy atom. The summed E-state index contributed by atoms with van der Waals surface area (Å²) in [7, 11) is 0. The Hall–Kier alpha value is -0.650. The summed E-state index contributed by atoms with van der Waals surface area (Å²) in [5, 5.41) is 6.25. The van der Waals surface area contributed by atoms with E-state index < -0.39 is 0 Å². The predicted molar refractivity (Wildman–Crippen MR) is 59.2 cm³/mol. The highest BCUT2D eigenvalue weighted by Gasteiger charge is 2.29. The molecule has 92 valence electrons. The number of hydrogen-bond donors (Lipinski definition) is 2. The molecule has 2 heterocycles. The van der Waals surface area contributed by atoms with Gasteiger partial charge in [-0.15, -0.1) is 0 Å². The van der Waals surface area contributed by atoms with Crippen LogP contribution in [0.4, 0.5) is 0 Å². The lowest BCUT2D eigenvalue weighted by molar-refractivity contribution is -0.130. The number of amides is 1. The molecular formula is C11H20N2O3. The summed E-state index contributed by atoms with van der Waals surface area (Å²) < 4.78 is 10.7. The molecule has 0 aromatic carbocycles. The Bertz CT molecular complexity index is 241. The fourth-order valence-corrected chi connectivity index (χ4v) is 2.16. The van der Waals surface area contributed by atoms with Crippen LogP contribution in [0.15, 0.2) is 0 Å². The Balaban J connectivity index is 1.81. The van der Waals surface area contributed by atoms with Crippen molar-refractivity contribution in [3.63, 3.8) is 0 Å². The molecule has 0 aromatic heterocycles. The molecule has 5 nitrogen and oxygen atoms in total. The zero-order valence-corrected chi connectivity index (χ0v) is 9.70. The maximum atomic E-state index is 12.0. The van der Waals surface area contributed by atoms with Crippen molar-refractivity contribution in [2.75, 3.05) is 26.4 Å². The van der Waals surface area contributed by atoms with Gasteiger partial charge in [0, 0.05) is 25.8 Å². The van der Waals surface area contributed by atoms with Crippen LogP contribution in [0.2, 0.25) is 0 Å². The fraction of sp³-hybridized carbons (Fsp3) is 0.909. The molecule has 0 spiro atoms. The standard InChI is InChI=1S/C11H20N2O3/c1-8-10(12-4-7-16-8)11(14)13-9-2-5-15-6-3-9/h8-10,12H,2-7H2,1H3,(H,13,14)/t8-,10+/m1/s1. The third kappa shape index (κ3) is 2.93. The van der Waals surface area contributed by atoms with Crippen LogP contribution in [-0.2, 0) is 14.3 Å². The van der Waals surface area contributed by atoms with Crippen LogP contribution < -0.4 is 10.6 Å². The summed E-state index contributed by atoms with van der Waals surface area (Å²) in [5.41, 5.74) is 0. The van der Waals surface area contributed by atoms with E-state index in [0.717, 1.165) is 32.6 Å².